The van der Waals surface area contributed by atoms with Crippen molar-refractivity contribution in [1.29, 1.82) is 0 Å². The normalized spacial score (nSPS) is 15.0. The van der Waals surface area contributed by atoms with Crippen molar-refractivity contribution in [2.75, 3.05) is 37.7 Å². The summed E-state index contributed by atoms with van der Waals surface area (Å²) < 4.78 is 5.57. The Bertz CT molecular complexity index is 738. The molecular weight excluding hydrogens is 338 g/mol. The van der Waals surface area contributed by atoms with Gasteiger partial charge in [-0.1, -0.05) is 17.7 Å². The van der Waals surface area contributed by atoms with Gasteiger partial charge in [-0.15, -0.1) is 0 Å². The van der Waals surface area contributed by atoms with Crippen LogP contribution in [-0.2, 0) is 4.79 Å². The molecule has 0 aliphatic carbocycles. The van der Waals surface area contributed by atoms with Gasteiger partial charge in [-0.3, -0.25) is 9.78 Å². The third-order valence-corrected chi connectivity index (χ3v) is 4.49. The number of benzene rings is 1. The molecule has 1 saturated heterocycles. The highest BCUT2D eigenvalue weighted by molar-refractivity contribution is 6.30. The minimum atomic E-state index is 0.00716. The van der Waals surface area contributed by atoms with Crippen molar-refractivity contribution in [2.45, 2.75) is 13.3 Å². The minimum Gasteiger partial charge on any atom is -0.484 e. The van der Waals surface area contributed by atoms with Gasteiger partial charge in [0.2, 0.25) is 0 Å². The smallest absolute Gasteiger partial charge is 0.260 e. The van der Waals surface area contributed by atoms with Crippen LogP contribution in [0.2, 0.25) is 5.02 Å². The van der Waals surface area contributed by atoms with E-state index in [9.17, 15) is 4.79 Å². The zero-order valence-corrected chi connectivity index (χ0v) is 15.1. The van der Waals surface area contributed by atoms with E-state index in [2.05, 4.69) is 16.0 Å². The van der Waals surface area contributed by atoms with E-state index in [-0.39, 0.29) is 12.5 Å². The second-order valence-electron chi connectivity index (χ2n) is 6.12. The molecule has 132 valence electrons. The molecule has 1 aromatic heterocycles. The number of ether oxygens (including phenoxy) is 1. The molecule has 1 aromatic carbocycles. The predicted molar refractivity (Wildman–Crippen MR) is 99.3 cm³/mol. The summed E-state index contributed by atoms with van der Waals surface area (Å²) in [5, 5.41) is 0.600. The average Bonchev–Trinajstić information content (AvgIpc) is 2.86. The second kappa shape index (κ2) is 8.21. The Hall–Kier alpha value is -2.27. The van der Waals surface area contributed by atoms with Gasteiger partial charge in [-0.2, -0.15) is 0 Å². The Kier molecular flexibility index (Phi) is 5.76. The molecule has 1 aliphatic heterocycles. The molecule has 0 spiro atoms. The summed E-state index contributed by atoms with van der Waals surface area (Å²) in [6.45, 7) is 5.21. The highest BCUT2D eigenvalue weighted by Gasteiger charge is 2.19. The lowest BCUT2D eigenvalue weighted by atomic mass is 10.3. The Balaban J connectivity index is 1.54. The van der Waals surface area contributed by atoms with Crippen molar-refractivity contribution < 1.29 is 9.53 Å². The number of rotatable bonds is 4. The Morgan fingerprint density at radius 2 is 2.08 bits per heavy atom. The summed E-state index contributed by atoms with van der Waals surface area (Å²) in [7, 11) is 0. The first-order chi connectivity index (χ1) is 12.1. The Labute approximate surface area is 153 Å². The summed E-state index contributed by atoms with van der Waals surface area (Å²) in [5.41, 5.74) is 2.17. The molecular formula is C19H22ClN3O2. The molecule has 0 atom stereocenters. The number of hydrogen-bond donors (Lipinski definition) is 0. The molecule has 0 N–H and O–H groups in total. The van der Waals surface area contributed by atoms with Gasteiger partial charge >= 0.3 is 0 Å². The molecule has 0 unspecified atom stereocenters. The maximum atomic E-state index is 12.4. The molecule has 6 heteroatoms. The maximum Gasteiger partial charge on any atom is 0.260 e. The highest BCUT2D eigenvalue weighted by atomic mass is 35.5. The molecule has 1 aliphatic rings. The number of aryl methyl sites for hydroxylation is 1. The largest absolute Gasteiger partial charge is 0.484 e. The SMILES string of the molecule is Cc1cc(N2CCCN(C(=O)COc3cccc(Cl)c3)CC2)ccn1. The van der Waals surface area contributed by atoms with Gasteiger partial charge < -0.3 is 14.5 Å². The molecule has 2 aromatic rings. The zero-order valence-electron chi connectivity index (χ0n) is 14.3. The fourth-order valence-electron chi connectivity index (χ4n) is 2.95. The van der Waals surface area contributed by atoms with Gasteiger partial charge in [0.05, 0.1) is 0 Å². The van der Waals surface area contributed by atoms with Crippen LogP contribution in [0.15, 0.2) is 42.6 Å². The van der Waals surface area contributed by atoms with Gasteiger partial charge in [-0.05, 0) is 43.7 Å². The molecule has 1 amide bonds. The number of aromatic nitrogens is 1. The van der Waals surface area contributed by atoms with E-state index in [1.807, 2.05) is 30.2 Å². The van der Waals surface area contributed by atoms with E-state index in [0.29, 0.717) is 17.3 Å². The monoisotopic (exact) mass is 359 g/mol. The van der Waals surface area contributed by atoms with E-state index in [1.54, 1.807) is 18.2 Å². The number of carbonyl (C=O) groups is 1. The quantitative estimate of drug-likeness (QED) is 0.841. The Morgan fingerprint density at radius 1 is 1.20 bits per heavy atom. The molecule has 0 radical (unpaired) electrons. The topological polar surface area (TPSA) is 45.7 Å². The first kappa shape index (κ1) is 17.5. The number of anilines is 1. The van der Waals surface area contributed by atoms with Crippen LogP contribution >= 0.6 is 11.6 Å². The minimum absolute atomic E-state index is 0.00716. The van der Waals surface area contributed by atoms with Crippen LogP contribution in [0.25, 0.3) is 0 Å². The van der Waals surface area contributed by atoms with Crippen LogP contribution in [-0.4, -0.2) is 48.6 Å². The maximum absolute atomic E-state index is 12.4. The number of nitrogens with zero attached hydrogens (tertiary/aromatic N) is 3. The molecule has 0 bridgehead atoms. The number of carbonyl (C=O) groups excluding carboxylic acids is 1. The van der Waals surface area contributed by atoms with Crippen molar-refractivity contribution in [2.24, 2.45) is 0 Å². The van der Waals surface area contributed by atoms with Crippen molar-refractivity contribution in [3.05, 3.63) is 53.3 Å². The highest BCUT2D eigenvalue weighted by Crippen LogP contribution is 2.18. The van der Waals surface area contributed by atoms with Crippen molar-refractivity contribution in [1.82, 2.24) is 9.88 Å². The van der Waals surface area contributed by atoms with E-state index in [4.69, 9.17) is 16.3 Å². The van der Waals surface area contributed by atoms with E-state index >= 15 is 0 Å². The standard InChI is InChI=1S/C19H22ClN3O2/c1-15-12-17(6-7-21-15)22-8-3-9-23(11-10-22)19(24)14-25-18-5-2-4-16(20)13-18/h2,4-7,12-13H,3,8-11,14H2,1H3. The van der Waals surface area contributed by atoms with Crippen molar-refractivity contribution >= 4 is 23.2 Å². The fraction of sp³-hybridized carbons (Fsp3) is 0.368. The number of halogens is 1. The van der Waals surface area contributed by atoms with E-state index < -0.39 is 0 Å². The molecule has 0 saturated carbocycles. The van der Waals surface area contributed by atoms with Crippen molar-refractivity contribution in [3.63, 3.8) is 0 Å². The van der Waals surface area contributed by atoms with Gasteiger partial charge in [0, 0.05) is 48.8 Å². The predicted octanol–water partition coefficient (Wildman–Crippen LogP) is 3.16. The first-order valence-corrected chi connectivity index (χ1v) is 8.83. The Morgan fingerprint density at radius 3 is 2.88 bits per heavy atom. The summed E-state index contributed by atoms with van der Waals surface area (Å²) >= 11 is 5.93. The fourth-order valence-corrected chi connectivity index (χ4v) is 3.13. The number of amides is 1. The van der Waals surface area contributed by atoms with Crippen LogP contribution < -0.4 is 9.64 Å². The summed E-state index contributed by atoms with van der Waals surface area (Å²) in [6.07, 6.45) is 2.77. The molecule has 5 nitrogen and oxygen atoms in total. The van der Waals surface area contributed by atoms with Crippen molar-refractivity contribution in [3.8, 4) is 5.75 Å². The number of pyridine rings is 1. The van der Waals surface area contributed by atoms with Crippen LogP contribution in [0, 0.1) is 6.92 Å². The molecule has 25 heavy (non-hydrogen) atoms. The second-order valence-corrected chi connectivity index (χ2v) is 6.56. The van der Waals surface area contributed by atoms with Gasteiger partial charge in [-0.25, -0.2) is 0 Å². The lowest BCUT2D eigenvalue weighted by Gasteiger charge is -2.24. The molecule has 3 rings (SSSR count). The van der Waals surface area contributed by atoms with Crippen LogP contribution in [0.4, 0.5) is 5.69 Å². The zero-order chi connectivity index (χ0) is 17.6. The van der Waals surface area contributed by atoms with Crippen LogP contribution in [0.1, 0.15) is 12.1 Å². The third-order valence-electron chi connectivity index (χ3n) is 4.25. The van der Waals surface area contributed by atoms with E-state index in [0.717, 1.165) is 37.4 Å². The third kappa shape index (κ3) is 4.86. The van der Waals surface area contributed by atoms with Gasteiger partial charge in [0.15, 0.2) is 6.61 Å². The summed E-state index contributed by atoms with van der Waals surface area (Å²) in [6, 6.07) is 11.2. The first-order valence-electron chi connectivity index (χ1n) is 8.45. The average molecular weight is 360 g/mol. The molecule has 2 heterocycles. The lowest BCUT2D eigenvalue weighted by Crippen LogP contribution is -2.38. The van der Waals surface area contributed by atoms with Crippen LogP contribution in [0.5, 0.6) is 5.75 Å². The van der Waals surface area contributed by atoms with E-state index in [1.165, 1.54) is 0 Å². The molecule has 1 fully saturated rings. The van der Waals surface area contributed by atoms with Gasteiger partial charge in [0.25, 0.3) is 5.91 Å². The van der Waals surface area contributed by atoms with Crippen LogP contribution in [0.3, 0.4) is 0 Å². The number of hydrogen-bond acceptors (Lipinski definition) is 4. The lowest BCUT2D eigenvalue weighted by molar-refractivity contribution is -0.133. The summed E-state index contributed by atoms with van der Waals surface area (Å²) in [5.74, 6) is 0.622. The van der Waals surface area contributed by atoms with Gasteiger partial charge in [0.1, 0.15) is 5.75 Å². The summed E-state index contributed by atoms with van der Waals surface area (Å²) in [4.78, 5) is 20.9.